The molecule has 1 saturated heterocycles. The van der Waals surface area contributed by atoms with E-state index in [-0.39, 0.29) is 17.9 Å². The van der Waals surface area contributed by atoms with Crippen LogP contribution in [0.1, 0.15) is 38.3 Å². The van der Waals surface area contributed by atoms with Crippen molar-refractivity contribution in [2.45, 2.75) is 44.8 Å². The van der Waals surface area contributed by atoms with E-state index >= 15 is 0 Å². The SMILES string of the molecule is C#CC(CC)N1C(=O)C(c2ccccc2)NC(=O)C1CC. The third kappa shape index (κ3) is 2.78. The average molecular weight is 284 g/mol. The number of nitrogens with one attached hydrogen (secondary N) is 1. The Labute approximate surface area is 125 Å². The van der Waals surface area contributed by atoms with Crippen LogP contribution in [0.15, 0.2) is 30.3 Å². The molecule has 4 heteroatoms. The Morgan fingerprint density at radius 1 is 1.29 bits per heavy atom. The average Bonchev–Trinajstić information content (AvgIpc) is 2.52. The van der Waals surface area contributed by atoms with Crippen LogP contribution in [0, 0.1) is 12.3 Å². The fraction of sp³-hybridized carbons (Fsp3) is 0.412. The van der Waals surface area contributed by atoms with Crippen LogP contribution < -0.4 is 5.32 Å². The largest absolute Gasteiger partial charge is 0.339 e. The molecule has 1 fully saturated rings. The first-order valence-electron chi connectivity index (χ1n) is 7.27. The van der Waals surface area contributed by atoms with Crippen LogP contribution in [0.5, 0.6) is 0 Å². The van der Waals surface area contributed by atoms with Gasteiger partial charge in [-0.15, -0.1) is 6.42 Å². The summed E-state index contributed by atoms with van der Waals surface area (Å²) in [6, 6.07) is 7.77. The van der Waals surface area contributed by atoms with E-state index in [4.69, 9.17) is 6.42 Å². The molecule has 1 aliphatic heterocycles. The van der Waals surface area contributed by atoms with Gasteiger partial charge in [-0.25, -0.2) is 0 Å². The van der Waals surface area contributed by atoms with Gasteiger partial charge in [0, 0.05) is 0 Å². The third-order valence-electron chi connectivity index (χ3n) is 3.86. The van der Waals surface area contributed by atoms with E-state index in [1.54, 1.807) is 4.90 Å². The van der Waals surface area contributed by atoms with Gasteiger partial charge in [-0.3, -0.25) is 9.59 Å². The zero-order valence-electron chi connectivity index (χ0n) is 12.4. The summed E-state index contributed by atoms with van der Waals surface area (Å²) in [6.45, 7) is 3.81. The summed E-state index contributed by atoms with van der Waals surface area (Å²) in [5, 5.41) is 2.82. The van der Waals surface area contributed by atoms with E-state index in [1.165, 1.54) is 0 Å². The summed E-state index contributed by atoms with van der Waals surface area (Å²) >= 11 is 0. The lowest BCUT2D eigenvalue weighted by atomic mass is 9.96. The van der Waals surface area contributed by atoms with Gasteiger partial charge in [-0.05, 0) is 18.4 Å². The number of rotatable bonds is 4. The van der Waals surface area contributed by atoms with Crippen LogP contribution in [0.2, 0.25) is 0 Å². The molecule has 0 saturated carbocycles. The van der Waals surface area contributed by atoms with E-state index in [2.05, 4.69) is 11.2 Å². The molecule has 3 unspecified atom stereocenters. The first-order valence-corrected chi connectivity index (χ1v) is 7.27. The van der Waals surface area contributed by atoms with Gasteiger partial charge in [0.05, 0.1) is 6.04 Å². The summed E-state index contributed by atoms with van der Waals surface area (Å²) in [4.78, 5) is 26.7. The van der Waals surface area contributed by atoms with Gasteiger partial charge in [-0.2, -0.15) is 0 Å². The number of carbonyl (C=O) groups is 2. The third-order valence-corrected chi connectivity index (χ3v) is 3.86. The summed E-state index contributed by atoms with van der Waals surface area (Å²) in [5.74, 6) is 2.37. The van der Waals surface area contributed by atoms with Crippen LogP contribution in [-0.4, -0.2) is 28.8 Å². The molecule has 0 aromatic heterocycles. The smallest absolute Gasteiger partial charge is 0.251 e. The molecule has 0 bridgehead atoms. The molecular formula is C17H20N2O2. The molecule has 4 nitrogen and oxygen atoms in total. The van der Waals surface area contributed by atoms with Crippen molar-refractivity contribution < 1.29 is 9.59 Å². The Kier molecular flexibility index (Phi) is 4.64. The number of benzene rings is 1. The summed E-state index contributed by atoms with van der Waals surface area (Å²) < 4.78 is 0. The van der Waals surface area contributed by atoms with Crippen molar-refractivity contribution in [2.75, 3.05) is 0 Å². The molecule has 1 N–H and O–H groups in total. The van der Waals surface area contributed by atoms with E-state index in [0.717, 1.165) is 5.56 Å². The van der Waals surface area contributed by atoms with E-state index in [9.17, 15) is 9.59 Å². The normalized spacial score (nSPS) is 23.4. The van der Waals surface area contributed by atoms with Crippen molar-refractivity contribution in [3.8, 4) is 12.3 Å². The first-order chi connectivity index (χ1) is 10.1. The predicted molar refractivity (Wildman–Crippen MR) is 81.2 cm³/mol. The van der Waals surface area contributed by atoms with Gasteiger partial charge < -0.3 is 10.2 Å². The predicted octanol–water partition coefficient (Wildman–Crippen LogP) is 1.88. The maximum absolute atomic E-state index is 12.8. The second-order valence-electron chi connectivity index (χ2n) is 5.11. The number of nitrogens with zero attached hydrogens (tertiary/aromatic N) is 1. The molecule has 1 aromatic rings. The standard InChI is InChI=1S/C17H20N2O2/c1-4-13(5-2)19-14(6-3)16(20)18-15(17(19)21)12-10-8-7-9-11-12/h1,7-11,13-15H,5-6H2,2-3H3,(H,18,20). The highest BCUT2D eigenvalue weighted by molar-refractivity contribution is 5.97. The monoisotopic (exact) mass is 284 g/mol. The molecule has 1 aromatic carbocycles. The number of carbonyl (C=O) groups excluding carboxylic acids is 2. The zero-order valence-corrected chi connectivity index (χ0v) is 12.4. The number of hydrogen-bond acceptors (Lipinski definition) is 2. The van der Waals surface area contributed by atoms with Crippen molar-refractivity contribution >= 4 is 11.8 Å². The lowest BCUT2D eigenvalue weighted by molar-refractivity contribution is -0.151. The van der Waals surface area contributed by atoms with Crippen molar-refractivity contribution in [2.24, 2.45) is 0 Å². The highest BCUT2D eigenvalue weighted by Gasteiger charge is 2.42. The zero-order chi connectivity index (χ0) is 15.4. The Bertz CT molecular complexity index is 562. The number of hydrogen-bond donors (Lipinski definition) is 1. The van der Waals surface area contributed by atoms with Gasteiger partial charge in [0.2, 0.25) is 5.91 Å². The fourth-order valence-corrected chi connectivity index (χ4v) is 2.75. The molecule has 2 amide bonds. The number of piperazine rings is 1. The maximum Gasteiger partial charge on any atom is 0.251 e. The van der Waals surface area contributed by atoms with Gasteiger partial charge in [0.1, 0.15) is 12.1 Å². The molecule has 0 radical (unpaired) electrons. The molecule has 0 aliphatic carbocycles. The Hall–Kier alpha value is -2.28. The second-order valence-corrected chi connectivity index (χ2v) is 5.11. The Morgan fingerprint density at radius 2 is 1.95 bits per heavy atom. The van der Waals surface area contributed by atoms with Crippen molar-refractivity contribution in [1.29, 1.82) is 0 Å². The minimum absolute atomic E-state index is 0.127. The number of amides is 2. The fourth-order valence-electron chi connectivity index (χ4n) is 2.75. The van der Waals surface area contributed by atoms with E-state index in [1.807, 2.05) is 44.2 Å². The van der Waals surface area contributed by atoms with E-state index in [0.29, 0.717) is 12.8 Å². The Balaban J connectivity index is 2.39. The second kappa shape index (κ2) is 6.45. The quantitative estimate of drug-likeness (QED) is 0.858. The van der Waals surface area contributed by atoms with Gasteiger partial charge in [-0.1, -0.05) is 50.1 Å². The van der Waals surface area contributed by atoms with Crippen LogP contribution >= 0.6 is 0 Å². The molecule has 1 aliphatic rings. The van der Waals surface area contributed by atoms with Crippen molar-refractivity contribution in [3.05, 3.63) is 35.9 Å². The highest BCUT2D eigenvalue weighted by Crippen LogP contribution is 2.26. The maximum atomic E-state index is 12.8. The topological polar surface area (TPSA) is 49.4 Å². The van der Waals surface area contributed by atoms with E-state index < -0.39 is 12.1 Å². The number of terminal acetylenes is 1. The van der Waals surface area contributed by atoms with Crippen LogP contribution in [0.4, 0.5) is 0 Å². The lowest BCUT2D eigenvalue weighted by Crippen LogP contribution is -2.62. The minimum Gasteiger partial charge on any atom is -0.339 e. The molecule has 3 atom stereocenters. The summed E-state index contributed by atoms with van der Waals surface area (Å²) in [7, 11) is 0. The molecule has 2 rings (SSSR count). The van der Waals surface area contributed by atoms with Crippen LogP contribution in [-0.2, 0) is 9.59 Å². The summed E-state index contributed by atoms with van der Waals surface area (Å²) in [5.41, 5.74) is 0.780. The summed E-state index contributed by atoms with van der Waals surface area (Å²) in [6.07, 6.45) is 6.73. The highest BCUT2D eigenvalue weighted by atomic mass is 16.2. The van der Waals surface area contributed by atoms with Crippen LogP contribution in [0.3, 0.4) is 0 Å². The van der Waals surface area contributed by atoms with Crippen LogP contribution in [0.25, 0.3) is 0 Å². The molecule has 21 heavy (non-hydrogen) atoms. The van der Waals surface area contributed by atoms with Gasteiger partial charge in [0.15, 0.2) is 0 Å². The van der Waals surface area contributed by atoms with Crippen molar-refractivity contribution in [1.82, 2.24) is 10.2 Å². The minimum atomic E-state index is -0.649. The molecule has 1 heterocycles. The lowest BCUT2D eigenvalue weighted by Gasteiger charge is -2.41. The molecular weight excluding hydrogens is 264 g/mol. The molecule has 0 spiro atoms. The first kappa shape index (κ1) is 15.1. The Morgan fingerprint density at radius 3 is 2.48 bits per heavy atom. The van der Waals surface area contributed by atoms with Crippen molar-refractivity contribution in [3.63, 3.8) is 0 Å². The van der Waals surface area contributed by atoms with Gasteiger partial charge >= 0.3 is 0 Å². The molecule has 110 valence electrons. The van der Waals surface area contributed by atoms with Gasteiger partial charge in [0.25, 0.3) is 5.91 Å².